The Bertz CT molecular complexity index is 438. The predicted octanol–water partition coefficient (Wildman–Crippen LogP) is 2.79. The molecule has 1 aromatic carbocycles. The molecule has 1 aromatic rings. The second kappa shape index (κ2) is 4.78. The number of hydrogen-bond donors (Lipinski definition) is 1. The summed E-state index contributed by atoms with van der Waals surface area (Å²) >= 11 is 0. The fraction of sp³-hybridized carbons (Fsp3) is 0.529. The van der Waals surface area contributed by atoms with Crippen LogP contribution in [0.4, 0.5) is 0 Å². The first kappa shape index (κ1) is 11.8. The molecule has 3 atom stereocenters. The van der Waals surface area contributed by atoms with Crippen LogP contribution in [0.1, 0.15) is 30.9 Å². The molecule has 2 bridgehead atoms. The maximum absolute atomic E-state index is 5.51. The summed E-state index contributed by atoms with van der Waals surface area (Å²) in [6, 6.07) is 9.76. The summed E-state index contributed by atoms with van der Waals surface area (Å²) < 4.78 is 0. The van der Waals surface area contributed by atoms with Crippen molar-refractivity contribution in [2.24, 2.45) is 11.8 Å². The van der Waals surface area contributed by atoms with Crippen LogP contribution in [0.25, 0.3) is 0 Å². The van der Waals surface area contributed by atoms with E-state index in [2.05, 4.69) is 42.4 Å². The third-order valence-electron chi connectivity index (χ3n) is 4.70. The van der Waals surface area contributed by atoms with Crippen LogP contribution >= 0.6 is 0 Å². The fourth-order valence-corrected chi connectivity index (χ4v) is 3.76. The van der Waals surface area contributed by atoms with E-state index in [9.17, 15) is 0 Å². The van der Waals surface area contributed by atoms with E-state index in [4.69, 9.17) is 6.42 Å². The number of hydrogen-bond acceptors (Lipinski definition) is 1. The number of nitrogens with one attached hydrogen (secondary N) is 1. The van der Waals surface area contributed by atoms with Gasteiger partial charge in [0.2, 0.25) is 0 Å². The Morgan fingerprint density at radius 3 is 2.22 bits per heavy atom. The van der Waals surface area contributed by atoms with Gasteiger partial charge in [-0.1, -0.05) is 30.2 Å². The van der Waals surface area contributed by atoms with E-state index in [-0.39, 0.29) is 6.04 Å². The summed E-state index contributed by atoms with van der Waals surface area (Å²) in [4.78, 5) is 0. The van der Waals surface area contributed by atoms with Gasteiger partial charge in [0.15, 0.2) is 0 Å². The van der Waals surface area contributed by atoms with Crippen molar-refractivity contribution in [1.29, 1.82) is 0 Å². The SMILES string of the molecule is C#CC(C)NC1C2CCC1Cc1ccccc1C2. The molecular weight excluding hydrogens is 218 g/mol. The summed E-state index contributed by atoms with van der Waals surface area (Å²) in [5, 5.41) is 3.67. The summed E-state index contributed by atoms with van der Waals surface area (Å²) in [5.74, 6) is 4.36. The molecule has 0 heterocycles. The van der Waals surface area contributed by atoms with E-state index in [1.54, 1.807) is 11.1 Å². The van der Waals surface area contributed by atoms with Gasteiger partial charge in [-0.2, -0.15) is 0 Å². The van der Waals surface area contributed by atoms with Crippen LogP contribution in [0.5, 0.6) is 0 Å². The maximum atomic E-state index is 5.51. The van der Waals surface area contributed by atoms with Gasteiger partial charge in [-0.05, 0) is 55.6 Å². The summed E-state index contributed by atoms with van der Waals surface area (Å²) in [5.41, 5.74) is 3.12. The van der Waals surface area contributed by atoms with Gasteiger partial charge >= 0.3 is 0 Å². The minimum Gasteiger partial charge on any atom is -0.301 e. The van der Waals surface area contributed by atoms with Gasteiger partial charge < -0.3 is 5.32 Å². The van der Waals surface area contributed by atoms with Crippen LogP contribution in [-0.2, 0) is 12.8 Å². The highest BCUT2D eigenvalue weighted by Crippen LogP contribution is 2.40. The lowest BCUT2D eigenvalue weighted by Crippen LogP contribution is -2.42. The highest BCUT2D eigenvalue weighted by molar-refractivity contribution is 5.31. The number of terminal acetylenes is 1. The molecule has 0 spiro atoms. The molecule has 0 aromatic heterocycles. The van der Waals surface area contributed by atoms with Crippen LogP contribution in [-0.4, -0.2) is 12.1 Å². The molecule has 1 fully saturated rings. The average molecular weight is 239 g/mol. The summed E-state index contributed by atoms with van der Waals surface area (Å²) in [7, 11) is 0. The molecule has 1 nitrogen and oxygen atoms in total. The van der Waals surface area contributed by atoms with Crippen molar-refractivity contribution >= 4 is 0 Å². The lowest BCUT2D eigenvalue weighted by atomic mass is 9.94. The Balaban J connectivity index is 1.84. The molecule has 1 N–H and O–H groups in total. The Morgan fingerprint density at radius 2 is 1.72 bits per heavy atom. The zero-order chi connectivity index (χ0) is 12.5. The van der Waals surface area contributed by atoms with Crippen molar-refractivity contribution in [3.8, 4) is 12.3 Å². The third kappa shape index (κ3) is 2.06. The zero-order valence-corrected chi connectivity index (χ0v) is 11.0. The lowest BCUT2D eigenvalue weighted by Gasteiger charge is -2.25. The van der Waals surface area contributed by atoms with Gasteiger partial charge in [-0.15, -0.1) is 6.42 Å². The first-order chi connectivity index (χ1) is 8.78. The van der Waals surface area contributed by atoms with Gasteiger partial charge in [-0.25, -0.2) is 0 Å². The largest absolute Gasteiger partial charge is 0.301 e. The third-order valence-corrected chi connectivity index (χ3v) is 4.70. The Hall–Kier alpha value is -1.26. The number of benzene rings is 1. The first-order valence-corrected chi connectivity index (χ1v) is 7.07. The highest BCUT2D eigenvalue weighted by atomic mass is 15.0. The van der Waals surface area contributed by atoms with Crippen molar-refractivity contribution in [3.63, 3.8) is 0 Å². The molecule has 18 heavy (non-hydrogen) atoms. The van der Waals surface area contributed by atoms with E-state index in [1.165, 1.54) is 25.7 Å². The monoisotopic (exact) mass is 239 g/mol. The normalized spacial score (nSPS) is 31.2. The second-order valence-electron chi connectivity index (χ2n) is 5.86. The summed E-state index contributed by atoms with van der Waals surface area (Å²) in [6.07, 6.45) is 10.7. The first-order valence-electron chi connectivity index (χ1n) is 7.07. The van der Waals surface area contributed by atoms with Crippen LogP contribution in [0.2, 0.25) is 0 Å². The standard InChI is InChI=1S/C17H21N/c1-3-12(2)18-17-15-8-9-16(17)11-14-7-5-4-6-13(14)10-15/h1,4-7,12,15-18H,8-11H2,2H3. The Morgan fingerprint density at radius 1 is 1.17 bits per heavy atom. The van der Waals surface area contributed by atoms with E-state index in [0.717, 1.165) is 11.8 Å². The molecular formula is C17H21N. The van der Waals surface area contributed by atoms with Crippen LogP contribution in [0, 0.1) is 24.2 Å². The van der Waals surface area contributed by atoms with E-state index < -0.39 is 0 Å². The van der Waals surface area contributed by atoms with Crippen molar-refractivity contribution < 1.29 is 0 Å². The molecule has 2 aliphatic rings. The minimum absolute atomic E-state index is 0.194. The van der Waals surface area contributed by atoms with Crippen LogP contribution in [0.15, 0.2) is 24.3 Å². The van der Waals surface area contributed by atoms with E-state index in [1.807, 2.05) is 0 Å². The quantitative estimate of drug-likeness (QED) is 0.783. The summed E-state index contributed by atoms with van der Waals surface area (Å²) in [6.45, 7) is 2.09. The highest BCUT2D eigenvalue weighted by Gasteiger charge is 2.38. The smallest absolute Gasteiger partial charge is 0.0660 e. The molecule has 0 radical (unpaired) electrons. The van der Waals surface area contributed by atoms with Crippen molar-refractivity contribution in [2.45, 2.75) is 44.7 Å². The Labute approximate surface area is 110 Å². The molecule has 3 rings (SSSR count). The van der Waals surface area contributed by atoms with Crippen LogP contribution in [0.3, 0.4) is 0 Å². The predicted molar refractivity (Wildman–Crippen MR) is 75.3 cm³/mol. The molecule has 0 aliphatic heterocycles. The van der Waals surface area contributed by atoms with Crippen LogP contribution < -0.4 is 5.32 Å². The van der Waals surface area contributed by atoms with Crippen molar-refractivity contribution in [3.05, 3.63) is 35.4 Å². The average Bonchev–Trinajstić information content (AvgIpc) is 2.65. The molecule has 0 amide bonds. The van der Waals surface area contributed by atoms with Gasteiger partial charge in [0.25, 0.3) is 0 Å². The van der Waals surface area contributed by atoms with Crippen molar-refractivity contribution in [2.75, 3.05) is 0 Å². The van der Waals surface area contributed by atoms with Gasteiger partial charge in [0, 0.05) is 6.04 Å². The minimum atomic E-state index is 0.194. The number of fused-ring (bicyclic) bond motifs is 3. The number of rotatable bonds is 2. The lowest BCUT2D eigenvalue weighted by molar-refractivity contribution is 0.333. The fourth-order valence-electron chi connectivity index (χ4n) is 3.76. The second-order valence-corrected chi connectivity index (χ2v) is 5.86. The molecule has 1 saturated carbocycles. The maximum Gasteiger partial charge on any atom is 0.0660 e. The zero-order valence-electron chi connectivity index (χ0n) is 11.0. The topological polar surface area (TPSA) is 12.0 Å². The molecule has 2 aliphatic carbocycles. The van der Waals surface area contributed by atoms with Gasteiger partial charge in [0.05, 0.1) is 6.04 Å². The molecule has 94 valence electrons. The van der Waals surface area contributed by atoms with E-state index in [0.29, 0.717) is 6.04 Å². The molecule has 1 heteroatoms. The van der Waals surface area contributed by atoms with Crippen molar-refractivity contribution in [1.82, 2.24) is 5.32 Å². The van der Waals surface area contributed by atoms with Gasteiger partial charge in [-0.3, -0.25) is 0 Å². The molecule has 0 saturated heterocycles. The van der Waals surface area contributed by atoms with Gasteiger partial charge in [0.1, 0.15) is 0 Å². The Kier molecular flexibility index (Phi) is 3.14. The molecule has 3 unspecified atom stereocenters. The van der Waals surface area contributed by atoms with E-state index >= 15 is 0 Å².